The molecule has 6 nitrogen and oxygen atoms in total. The molecule has 0 atom stereocenters. The van der Waals surface area contributed by atoms with Crippen molar-refractivity contribution >= 4 is 42.6 Å². The minimum Gasteiger partial charge on any atom is -0.298 e. The molecule has 2 aromatic carbocycles. The largest absolute Gasteiger partial charge is 0.298 e. The number of hydrogen-bond acceptors (Lipinski definition) is 5. The summed E-state index contributed by atoms with van der Waals surface area (Å²) in [5.74, 6) is -0.884. The number of fused-ring (bicyclic) bond motifs is 1. The summed E-state index contributed by atoms with van der Waals surface area (Å²) in [6.07, 6.45) is 1.45. The maximum absolute atomic E-state index is 13.8. The third kappa shape index (κ3) is 4.63. The van der Waals surface area contributed by atoms with E-state index in [2.05, 4.69) is 10.3 Å². The van der Waals surface area contributed by atoms with Gasteiger partial charge in [-0.15, -0.1) is 0 Å². The molecule has 0 bridgehead atoms. The zero-order valence-electron chi connectivity index (χ0n) is 16.2. The van der Waals surface area contributed by atoms with Crippen molar-refractivity contribution in [1.29, 1.82) is 0 Å². The fourth-order valence-corrected chi connectivity index (χ4v) is 5.42. The van der Waals surface area contributed by atoms with E-state index in [1.54, 1.807) is 12.1 Å². The van der Waals surface area contributed by atoms with Crippen LogP contribution in [0.25, 0.3) is 10.2 Å². The molecular weight excluding hydrogens is 413 g/mol. The lowest BCUT2D eigenvalue weighted by Crippen LogP contribution is -2.32. The SMILES string of the molecule is CCCN(CCC)S(=O)(=O)c1ccc(C(=O)Nc2nc3c(F)cccc3s2)cc1. The van der Waals surface area contributed by atoms with E-state index in [1.807, 2.05) is 13.8 Å². The van der Waals surface area contributed by atoms with Gasteiger partial charge in [0.05, 0.1) is 9.60 Å². The number of carbonyl (C=O) groups excluding carboxylic acids is 1. The Morgan fingerprint density at radius 2 is 1.76 bits per heavy atom. The van der Waals surface area contributed by atoms with Gasteiger partial charge in [-0.25, -0.2) is 17.8 Å². The van der Waals surface area contributed by atoms with Crippen molar-refractivity contribution in [2.24, 2.45) is 0 Å². The Kier molecular flexibility index (Phi) is 6.61. The standard InChI is InChI=1S/C20H22FN3O3S2/c1-3-12-24(13-4-2)29(26,27)15-10-8-14(9-11-15)19(25)23-20-22-18-16(21)6-5-7-17(18)28-20/h5-11H,3-4,12-13H2,1-2H3,(H,22,23,25). The fourth-order valence-electron chi connectivity index (χ4n) is 2.92. The monoisotopic (exact) mass is 435 g/mol. The van der Waals surface area contributed by atoms with Gasteiger partial charge >= 0.3 is 0 Å². The molecular formula is C20H22FN3O3S2. The number of aromatic nitrogens is 1. The topological polar surface area (TPSA) is 79.4 Å². The van der Waals surface area contributed by atoms with Crippen LogP contribution in [0.2, 0.25) is 0 Å². The van der Waals surface area contributed by atoms with Crippen molar-refractivity contribution in [3.05, 3.63) is 53.8 Å². The summed E-state index contributed by atoms with van der Waals surface area (Å²) < 4.78 is 41.4. The maximum Gasteiger partial charge on any atom is 0.257 e. The molecule has 0 unspecified atom stereocenters. The van der Waals surface area contributed by atoms with Gasteiger partial charge in [0.25, 0.3) is 5.91 Å². The normalized spacial score (nSPS) is 11.9. The van der Waals surface area contributed by atoms with E-state index >= 15 is 0 Å². The number of halogens is 1. The Hall–Kier alpha value is -2.36. The Labute approximate surface area is 173 Å². The Balaban J connectivity index is 1.78. The molecule has 0 spiro atoms. The van der Waals surface area contributed by atoms with Crippen molar-refractivity contribution < 1.29 is 17.6 Å². The first-order valence-electron chi connectivity index (χ1n) is 9.33. The van der Waals surface area contributed by atoms with Gasteiger partial charge in [-0.3, -0.25) is 10.1 Å². The molecule has 0 aliphatic heterocycles. The Morgan fingerprint density at radius 3 is 2.34 bits per heavy atom. The highest BCUT2D eigenvalue weighted by Crippen LogP contribution is 2.28. The lowest BCUT2D eigenvalue weighted by molar-refractivity contribution is 0.102. The van der Waals surface area contributed by atoms with Crippen LogP contribution in [0.3, 0.4) is 0 Å². The Morgan fingerprint density at radius 1 is 1.10 bits per heavy atom. The first-order valence-corrected chi connectivity index (χ1v) is 11.6. The van der Waals surface area contributed by atoms with Crippen LogP contribution in [0.4, 0.5) is 9.52 Å². The molecule has 3 rings (SSSR count). The van der Waals surface area contributed by atoms with E-state index in [4.69, 9.17) is 0 Å². The number of nitrogens with one attached hydrogen (secondary N) is 1. The van der Waals surface area contributed by atoms with Crippen LogP contribution in [0.15, 0.2) is 47.4 Å². The van der Waals surface area contributed by atoms with Gasteiger partial charge in [0.15, 0.2) is 5.13 Å². The van der Waals surface area contributed by atoms with Crippen LogP contribution in [0, 0.1) is 5.82 Å². The van der Waals surface area contributed by atoms with Crippen LogP contribution < -0.4 is 5.32 Å². The van der Waals surface area contributed by atoms with Gasteiger partial charge in [-0.05, 0) is 49.2 Å². The van der Waals surface area contributed by atoms with Gasteiger partial charge in [0, 0.05) is 18.7 Å². The number of amides is 1. The molecule has 1 aromatic heterocycles. The summed E-state index contributed by atoms with van der Waals surface area (Å²) in [6, 6.07) is 10.4. The molecule has 3 aromatic rings. The summed E-state index contributed by atoms with van der Waals surface area (Å²) in [7, 11) is -3.60. The second-order valence-corrected chi connectivity index (χ2v) is 9.46. The van der Waals surface area contributed by atoms with E-state index < -0.39 is 21.7 Å². The first-order chi connectivity index (χ1) is 13.9. The number of para-hydroxylation sites is 1. The average Bonchev–Trinajstić information content (AvgIpc) is 3.12. The number of nitrogens with zero attached hydrogens (tertiary/aromatic N) is 2. The van der Waals surface area contributed by atoms with E-state index in [0.717, 1.165) is 12.8 Å². The highest BCUT2D eigenvalue weighted by atomic mass is 32.2. The van der Waals surface area contributed by atoms with Crippen LogP contribution in [-0.2, 0) is 10.0 Å². The minimum absolute atomic E-state index is 0.151. The summed E-state index contributed by atoms with van der Waals surface area (Å²) >= 11 is 1.17. The average molecular weight is 436 g/mol. The predicted molar refractivity (Wildman–Crippen MR) is 113 cm³/mol. The second-order valence-electron chi connectivity index (χ2n) is 6.49. The lowest BCUT2D eigenvalue weighted by atomic mass is 10.2. The number of sulfonamides is 1. The highest BCUT2D eigenvalue weighted by Gasteiger charge is 2.23. The molecule has 0 aliphatic carbocycles. The molecule has 1 heterocycles. The van der Waals surface area contributed by atoms with Crippen molar-refractivity contribution in [2.45, 2.75) is 31.6 Å². The quantitative estimate of drug-likeness (QED) is 0.565. The third-order valence-corrected chi connectivity index (χ3v) is 7.14. The zero-order chi connectivity index (χ0) is 21.0. The van der Waals surface area contributed by atoms with Crippen molar-refractivity contribution in [3.63, 3.8) is 0 Å². The number of anilines is 1. The van der Waals surface area contributed by atoms with E-state index in [0.29, 0.717) is 23.4 Å². The number of thiazole rings is 1. The molecule has 0 fully saturated rings. The molecule has 0 saturated heterocycles. The van der Waals surface area contributed by atoms with Crippen LogP contribution in [0.1, 0.15) is 37.0 Å². The van der Waals surface area contributed by atoms with Crippen LogP contribution >= 0.6 is 11.3 Å². The number of carbonyl (C=O) groups is 1. The highest BCUT2D eigenvalue weighted by molar-refractivity contribution is 7.89. The van der Waals surface area contributed by atoms with Gasteiger partial charge in [-0.2, -0.15) is 4.31 Å². The van der Waals surface area contributed by atoms with Crippen LogP contribution in [-0.4, -0.2) is 36.7 Å². The predicted octanol–water partition coefficient (Wildman–Crippen LogP) is 4.50. The van der Waals surface area contributed by atoms with E-state index in [-0.39, 0.29) is 15.5 Å². The third-order valence-electron chi connectivity index (χ3n) is 4.29. The maximum atomic E-state index is 13.8. The second kappa shape index (κ2) is 8.98. The number of hydrogen-bond donors (Lipinski definition) is 1. The molecule has 154 valence electrons. The summed E-state index contributed by atoms with van der Waals surface area (Å²) in [5, 5.41) is 2.92. The van der Waals surface area contributed by atoms with Gasteiger partial charge in [0.1, 0.15) is 11.3 Å². The zero-order valence-corrected chi connectivity index (χ0v) is 17.8. The smallest absolute Gasteiger partial charge is 0.257 e. The number of benzene rings is 2. The summed E-state index contributed by atoms with van der Waals surface area (Å²) in [5.41, 5.74) is 0.502. The van der Waals surface area contributed by atoms with E-state index in [9.17, 15) is 17.6 Å². The molecule has 0 saturated carbocycles. The summed E-state index contributed by atoms with van der Waals surface area (Å²) in [6.45, 7) is 4.76. The molecule has 1 N–H and O–H groups in total. The van der Waals surface area contributed by atoms with Crippen molar-refractivity contribution in [1.82, 2.24) is 9.29 Å². The van der Waals surface area contributed by atoms with E-state index in [1.165, 1.54) is 46.0 Å². The summed E-state index contributed by atoms with van der Waals surface area (Å²) in [4.78, 5) is 16.7. The van der Waals surface area contributed by atoms with Gasteiger partial charge in [-0.1, -0.05) is 31.3 Å². The Bertz CT molecular complexity index is 1110. The van der Waals surface area contributed by atoms with Crippen molar-refractivity contribution in [2.75, 3.05) is 18.4 Å². The molecule has 29 heavy (non-hydrogen) atoms. The fraction of sp³-hybridized carbons (Fsp3) is 0.300. The molecule has 0 aliphatic rings. The molecule has 9 heteroatoms. The van der Waals surface area contributed by atoms with Crippen molar-refractivity contribution in [3.8, 4) is 0 Å². The minimum atomic E-state index is -3.60. The first kappa shape index (κ1) is 21.4. The number of rotatable bonds is 8. The molecule has 1 amide bonds. The van der Waals surface area contributed by atoms with Crippen LogP contribution in [0.5, 0.6) is 0 Å². The molecule has 0 radical (unpaired) electrons. The van der Waals surface area contributed by atoms with Gasteiger partial charge < -0.3 is 0 Å². The lowest BCUT2D eigenvalue weighted by Gasteiger charge is -2.21. The van der Waals surface area contributed by atoms with Gasteiger partial charge in [0.2, 0.25) is 10.0 Å².